The van der Waals surface area contributed by atoms with E-state index in [9.17, 15) is 0 Å². The standard InChI is InChI=1S/C19H24N2O2/c1-4-15-12-20-16-7-5-6-8-17(16)21(15)13-14-9-10-18(22-2)19(11-14)23-3/h5-11,15,20H,4,12-13H2,1-3H3. The Hall–Kier alpha value is -2.36. The minimum atomic E-state index is 0.484. The van der Waals surface area contributed by atoms with Crippen LogP contribution in [0.2, 0.25) is 0 Å². The fourth-order valence-electron chi connectivity index (χ4n) is 3.16. The van der Waals surface area contributed by atoms with Crippen LogP contribution in [0.1, 0.15) is 18.9 Å². The number of rotatable bonds is 5. The lowest BCUT2D eigenvalue weighted by Gasteiger charge is -2.39. The van der Waals surface area contributed by atoms with Gasteiger partial charge in [0.2, 0.25) is 0 Å². The van der Waals surface area contributed by atoms with Crippen LogP contribution >= 0.6 is 0 Å². The molecule has 0 saturated carbocycles. The lowest BCUT2D eigenvalue weighted by molar-refractivity contribution is 0.354. The highest BCUT2D eigenvalue weighted by Crippen LogP contribution is 2.34. The molecule has 2 aromatic carbocycles. The highest BCUT2D eigenvalue weighted by atomic mass is 16.5. The molecule has 23 heavy (non-hydrogen) atoms. The summed E-state index contributed by atoms with van der Waals surface area (Å²) >= 11 is 0. The van der Waals surface area contributed by atoms with Crippen molar-refractivity contribution in [1.82, 2.24) is 0 Å². The quantitative estimate of drug-likeness (QED) is 0.907. The van der Waals surface area contributed by atoms with Crippen LogP contribution in [-0.4, -0.2) is 26.8 Å². The molecule has 1 heterocycles. The van der Waals surface area contributed by atoms with Gasteiger partial charge in [-0.3, -0.25) is 0 Å². The summed E-state index contributed by atoms with van der Waals surface area (Å²) in [5, 5.41) is 3.53. The van der Waals surface area contributed by atoms with E-state index in [1.807, 2.05) is 6.07 Å². The van der Waals surface area contributed by atoms with E-state index < -0.39 is 0 Å². The molecular weight excluding hydrogens is 288 g/mol. The van der Waals surface area contributed by atoms with E-state index in [1.165, 1.54) is 16.9 Å². The zero-order valence-electron chi connectivity index (χ0n) is 14.0. The molecule has 3 rings (SSSR count). The summed E-state index contributed by atoms with van der Waals surface area (Å²) in [4.78, 5) is 2.48. The first-order chi connectivity index (χ1) is 11.3. The summed E-state index contributed by atoms with van der Waals surface area (Å²) in [5.41, 5.74) is 3.69. The van der Waals surface area contributed by atoms with Gasteiger partial charge in [-0.1, -0.05) is 25.1 Å². The molecule has 4 heteroatoms. The molecular formula is C19H24N2O2. The largest absolute Gasteiger partial charge is 0.493 e. The van der Waals surface area contributed by atoms with Crippen LogP contribution in [0.25, 0.3) is 0 Å². The second kappa shape index (κ2) is 6.82. The van der Waals surface area contributed by atoms with E-state index in [2.05, 4.69) is 53.5 Å². The van der Waals surface area contributed by atoms with Crippen LogP contribution in [0, 0.1) is 0 Å². The average molecular weight is 312 g/mol. The van der Waals surface area contributed by atoms with Crippen LogP contribution < -0.4 is 19.7 Å². The maximum absolute atomic E-state index is 5.43. The maximum Gasteiger partial charge on any atom is 0.161 e. The highest BCUT2D eigenvalue weighted by Gasteiger charge is 2.24. The first-order valence-electron chi connectivity index (χ1n) is 8.07. The van der Waals surface area contributed by atoms with Crippen molar-refractivity contribution in [3.63, 3.8) is 0 Å². The summed E-state index contributed by atoms with van der Waals surface area (Å²) in [6.45, 7) is 4.07. The highest BCUT2D eigenvalue weighted by molar-refractivity contribution is 5.72. The monoisotopic (exact) mass is 312 g/mol. The van der Waals surface area contributed by atoms with Crippen molar-refractivity contribution in [2.75, 3.05) is 31.0 Å². The summed E-state index contributed by atoms with van der Waals surface area (Å²) in [5.74, 6) is 1.55. The maximum atomic E-state index is 5.43. The van der Waals surface area contributed by atoms with Gasteiger partial charge in [0.1, 0.15) is 0 Å². The van der Waals surface area contributed by atoms with Crippen molar-refractivity contribution in [3.05, 3.63) is 48.0 Å². The first kappa shape index (κ1) is 15.5. The minimum Gasteiger partial charge on any atom is -0.493 e. The molecule has 0 radical (unpaired) electrons. The van der Waals surface area contributed by atoms with Crippen LogP contribution in [-0.2, 0) is 6.54 Å². The molecule has 0 bridgehead atoms. The number of para-hydroxylation sites is 2. The SMILES string of the molecule is CCC1CNc2ccccc2N1Cc1ccc(OC)c(OC)c1. The van der Waals surface area contributed by atoms with Crippen molar-refractivity contribution < 1.29 is 9.47 Å². The number of benzene rings is 2. The van der Waals surface area contributed by atoms with Gasteiger partial charge in [-0.05, 0) is 36.2 Å². The number of nitrogens with one attached hydrogen (secondary N) is 1. The third-order valence-electron chi connectivity index (χ3n) is 4.45. The van der Waals surface area contributed by atoms with Gasteiger partial charge in [-0.2, -0.15) is 0 Å². The molecule has 1 aliphatic rings. The normalized spacial score (nSPS) is 16.5. The van der Waals surface area contributed by atoms with E-state index >= 15 is 0 Å². The Morgan fingerprint density at radius 1 is 1.09 bits per heavy atom. The van der Waals surface area contributed by atoms with Gasteiger partial charge in [0.25, 0.3) is 0 Å². The van der Waals surface area contributed by atoms with Crippen LogP contribution in [0.4, 0.5) is 11.4 Å². The number of methoxy groups -OCH3 is 2. The van der Waals surface area contributed by atoms with Crippen molar-refractivity contribution in [2.24, 2.45) is 0 Å². The Balaban J connectivity index is 1.91. The number of hydrogen-bond donors (Lipinski definition) is 1. The topological polar surface area (TPSA) is 33.7 Å². The molecule has 0 aromatic heterocycles. The number of anilines is 2. The molecule has 0 aliphatic carbocycles. The van der Waals surface area contributed by atoms with Gasteiger partial charge in [-0.25, -0.2) is 0 Å². The predicted octanol–water partition coefficient (Wildman–Crippen LogP) is 3.91. The second-order valence-corrected chi connectivity index (χ2v) is 5.78. The molecule has 0 fully saturated rings. The zero-order chi connectivity index (χ0) is 16.2. The fraction of sp³-hybridized carbons (Fsp3) is 0.368. The summed E-state index contributed by atoms with van der Waals surface area (Å²) in [6, 6.07) is 15.1. The first-order valence-corrected chi connectivity index (χ1v) is 8.07. The lowest BCUT2D eigenvalue weighted by Crippen LogP contribution is -2.43. The second-order valence-electron chi connectivity index (χ2n) is 5.78. The Morgan fingerprint density at radius 3 is 2.61 bits per heavy atom. The van der Waals surface area contributed by atoms with Gasteiger partial charge < -0.3 is 19.7 Å². The number of hydrogen-bond acceptors (Lipinski definition) is 4. The fourth-order valence-corrected chi connectivity index (χ4v) is 3.16. The molecule has 122 valence electrons. The van der Waals surface area contributed by atoms with E-state index in [0.29, 0.717) is 6.04 Å². The minimum absolute atomic E-state index is 0.484. The van der Waals surface area contributed by atoms with Gasteiger partial charge in [-0.15, -0.1) is 0 Å². The van der Waals surface area contributed by atoms with E-state index in [4.69, 9.17) is 9.47 Å². The summed E-state index contributed by atoms with van der Waals surface area (Å²) < 4.78 is 10.8. The van der Waals surface area contributed by atoms with Gasteiger partial charge >= 0.3 is 0 Å². The van der Waals surface area contributed by atoms with E-state index in [-0.39, 0.29) is 0 Å². The molecule has 4 nitrogen and oxygen atoms in total. The zero-order valence-corrected chi connectivity index (χ0v) is 14.0. The Bertz CT molecular complexity index is 672. The number of fused-ring (bicyclic) bond motifs is 1. The molecule has 1 unspecified atom stereocenters. The van der Waals surface area contributed by atoms with Crippen molar-refractivity contribution in [3.8, 4) is 11.5 Å². The van der Waals surface area contributed by atoms with Crippen LogP contribution in [0.15, 0.2) is 42.5 Å². The Labute approximate surface area is 138 Å². The lowest BCUT2D eigenvalue weighted by atomic mass is 10.0. The van der Waals surface area contributed by atoms with Crippen molar-refractivity contribution in [2.45, 2.75) is 25.9 Å². The summed E-state index contributed by atoms with van der Waals surface area (Å²) in [6.07, 6.45) is 1.11. The van der Waals surface area contributed by atoms with Crippen molar-refractivity contribution >= 4 is 11.4 Å². The number of nitrogens with zero attached hydrogens (tertiary/aromatic N) is 1. The average Bonchev–Trinajstić information content (AvgIpc) is 2.61. The molecule has 0 amide bonds. The molecule has 1 aliphatic heterocycles. The molecule has 1 N–H and O–H groups in total. The molecule has 1 atom stereocenters. The van der Waals surface area contributed by atoms with Crippen LogP contribution in [0.5, 0.6) is 11.5 Å². The van der Waals surface area contributed by atoms with Gasteiger partial charge in [0, 0.05) is 19.1 Å². The predicted molar refractivity (Wildman–Crippen MR) is 94.7 cm³/mol. The molecule has 0 saturated heterocycles. The van der Waals surface area contributed by atoms with Gasteiger partial charge in [0.15, 0.2) is 11.5 Å². The third kappa shape index (κ3) is 3.07. The smallest absolute Gasteiger partial charge is 0.161 e. The Kier molecular flexibility index (Phi) is 4.60. The third-order valence-corrected chi connectivity index (χ3v) is 4.45. The molecule has 0 spiro atoms. The Morgan fingerprint density at radius 2 is 1.87 bits per heavy atom. The van der Waals surface area contributed by atoms with Crippen LogP contribution in [0.3, 0.4) is 0 Å². The summed E-state index contributed by atoms with van der Waals surface area (Å²) in [7, 11) is 3.34. The van der Waals surface area contributed by atoms with Crippen molar-refractivity contribution in [1.29, 1.82) is 0 Å². The number of ether oxygens (including phenoxy) is 2. The molecule has 2 aromatic rings. The van der Waals surface area contributed by atoms with E-state index in [0.717, 1.165) is 31.0 Å². The van der Waals surface area contributed by atoms with Gasteiger partial charge in [0.05, 0.1) is 25.6 Å². The van der Waals surface area contributed by atoms with E-state index in [1.54, 1.807) is 14.2 Å².